The van der Waals surface area contributed by atoms with Gasteiger partial charge in [-0.2, -0.15) is 0 Å². The van der Waals surface area contributed by atoms with Crippen LogP contribution in [0.3, 0.4) is 0 Å². The number of likely N-dealkylation sites (N-methyl/N-ethyl adjacent to an activating group) is 1. The van der Waals surface area contributed by atoms with Gasteiger partial charge in [0.1, 0.15) is 11.5 Å². The van der Waals surface area contributed by atoms with Crippen LogP contribution in [-0.2, 0) is 4.74 Å². The van der Waals surface area contributed by atoms with Crippen molar-refractivity contribution < 1.29 is 33.7 Å². The predicted molar refractivity (Wildman–Crippen MR) is 184 cm³/mol. The highest BCUT2D eigenvalue weighted by Gasteiger charge is 2.31. The molecule has 3 aromatic rings. The van der Waals surface area contributed by atoms with Crippen molar-refractivity contribution in [2.24, 2.45) is 5.92 Å². The molecule has 0 aliphatic carbocycles. The van der Waals surface area contributed by atoms with Crippen LogP contribution < -0.4 is 20.1 Å². The van der Waals surface area contributed by atoms with Gasteiger partial charge >= 0.3 is 6.03 Å². The van der Waals surface area contributed by atoms with Gasteiger partial charge in [-0.15, -0.1) is 0 Å². The maximum Gasteiger partial charge on any atom is 0.321 e. The first-order valence-electron chi connectivity index (χ1n) is 16.3. The van der Waals surface area contributed by atoms with Gasteiger partial charge in [-0.1, -0.05) is 6.92 Å². The van der Waals surface area contributed by atoms with Gasteiger partial charge in [0, 0.05) is 62.0 Å². The highest BCUT2D eigenvalue weighted by atomic mass is 16.5. The summed E-state index contributed by atoms with van der Waals surface area (Å²) >= 11 is 0. The van der Waals surface area contributed by atoms with E-state index in [9.17, 15) is 19.5 Å². The molecule has 2 heterocycles. The summed E-state index contributed by atoms with van der Waals surface area (Å²) in [5, 5.41) is 16.0. The van der Waals surface area contributed by atoms with Crippen LogP contribution in [0, 0.1) is 5.92 Å². The van der Waals surface area contributed by atoms with Crippen LogP contribution in [0.4, 0.5) is 16.2 Å². The van der Waals surface area contributed by atoms with Crippen molar-refractivity contribution in [1.82, 2.24) is 14.8 Å². The van der Waals surface area contributed by atoms with Crippen molar-refractivity contribution in [1.29, 1.82) is 0 Å². The molecule has 0 spiro atoms. The van der Waals surface area contributed by atoms with Crippen LogP contribution in [0.15, 0.2) is 67.0 Å². The second-order valence-corrected chi connectivity index (χ2v) is 12.2. The summed E-state index contributed by atoms with van der Waals surface area (Å²) in [4.78, 5) is 47.5. The van der Waals surface area contributed by atoms with Crippen LogP contribution in [0.25, 0.3) is 0 Å². The van der Waals surface area contributed by atoms with Crippen molar-refractivity contribution >= 4 is 29.2 Å². The van der Waals surface area contributed by atoms with Crippen LogP contribution in [0.2, 0.25) is 0 Å². The average Bonchev–Trinajstić information content (AvgIpc) is 3.10. The van der Waals surface area contributed by atoms with E-state index in [-0.39, 0.29) is 55.1 Å². The number of nitrogens with one attached hydrogen (secondary N) is 2. The Labute approximate surface area is 282 Å². The molecule has 0 fully saturated rings. The normalized spacial score (nSPS) is 19.6. The number of aliphatic hydroxyl groups excluding tert-OH is 1. The number of hydrogen-bond donors (Lipinski definition) is 3. The lowest BCUT2D eigenvalue weighted by Gasteiger charge is -2.35. The van der Waals surface area contributed by atoms with Gasteiger partial charge in [-0.25, -0.2) is 4.79 Å². The van der Waals surface area contributed by atoms with Gasteiger partial charge in [-0.05, 0) is 87.7 Å². The number of hydrogen-bond acceptors (Lipinski definition) is 8. The first kappa shape index (κ1) is 36.2. The zero-order valence-corrected chi connectivity index (χ0v) is 28.3. The number of aromatic nitrogens is 1. The first-order valence-corrected chi connectivity index (χ1v) is 16.3. The number of anilines is 2. The maximum atomic E-state index is 14.3. The highest BCUT2D eigenvalue weighted by molar-refractivity contribution is 6.05. The van der Waals surface area contributed by atoms with Crippen molar-refractivity contribution in [3.8, 4) is 11.5 Å². The Hall–Kier alpha value is -4.68. The standard InChI is InChI=1S/C36H47N5O7/c1-24-21-41(25(2)23-42)35(44)31-20-29(38-34(43)27-15-17-37-18-16-27)11-14-32(31)48-26(3)8-6-7-19-47-33(24)22-40(4)36(45)39-28-9-12-30(46-5)13-10-28/h9-18,20,24-26,33,42H,6-8,19,21-23H2,1-5H3,(H,38,43)(H,39,45)/t24-,25+,26-,33+/m0/s1. The Morgan fingerprint density at radius 3 is 2.46 bits per heavy atom. The number of fused-ring (bicyclic) bond motifs is 1. The molecule has 1 aliphatic heterocycles. The number of rotatable bonds is 8. The topological polar surface area (TPSA) is 143 Å². The average molecular weight is 662 g/mol. The molecule has 0 unspecified atom stereocenters. The number of nitrogens with zero attached hydrogens (tertiary/aromatic N) is 3. The van der Waals surface area contributed by atoms with Crippen LogP contribution in [-0.4, -0.2) is 96.4 Å². The van der Waals surface area contributed by atoms with Crippen LogP contribution in [0.5, 0.6) is 11.5 Å². The molecule has 1 aromatic heterocycles. The largest absolute Gasteiger partial charge is 0.497 e. The third-order valence-electron chi connectivity index (χ3n) is 8.39. The highest BCUT2D eigenvalue weighted by Crippen LogP contribution is 2.29. The molecule has 4 amide bonds. The molecule has 48 heavy (non-hydrogen) atoms. The molecule has 0 saturated heterocycles. The minimum absolute atomic E-state index is 0.192. The van der Waals surface area contributed by atoms with Crippen molar-refractivity contribution in [2.75, 3.05) is 51.1 Å². The van der Waals surface area contributed by atoms with E-state index in [4.69, 9.17) is 14.2 Å². The van der Waals surface area contributed by atoms with E-state index in [1.54, 1.807) is 85.5 Å². The number of carbonyl (C=O) groups excluding carboxylic acids is 3. The van der Waals surface area contributed by atoms with E-state index in [0.29, 0.717) is 35.0 Å². The molecule has 12 heteroatoms. The Kier molecular flexibility index (Phi) is 13.2. The molecule has 3 N–H and O–H groups in total. The lowest BCUT2D eigenvalue weighted by atomic mass is 10.0. The van der Waals surface area contributed by atoms with Gasteiger partial charge in [-0.3, -0.25) is 14.6 Å². The number of aliphatic hydroxyl groups is 1. The van der Waals surface area contributed by atoms with E-state index >= 15 is 0 Å². The second kappa shape index (κ2) is 17.5. The fourth-order valence-electron chi connectivity index (χ4n) is 5.42. The first-order chi connectivity index (χ1) is 23.1. The molecule has 0 bridgehead atoms. The Bertz CT molecular complexity index is 1500. The molecule has 4 rings (SSSR count). The third-order valence-corrected chi connectivity index (χ3v) is 8.39. The van der Waals surface area contributed by atoms with Crippen LogP contribution >= 0.6 is 0 Å². The molecule has 0 saturated carbocycles. The Morgan fingerprint density at radius 1 is 1.06 bits per heavy atom. The second-order valence-electron chi connectivity index (χ2n) is 12.2. The zero-order chi connectivity index (χ0) is 34.6. The van der Waals surface area contributed by atoms with Crippen molar-refractivity contribution in [2.45, 2.75) is 58.3 Å². The van der Waals surface area contributed by atoms with Gasteiger partial charge in [0.25, 0.3) is 11.8 Å². The number of benzene rings is 2. The van der Waals surface area contributed by atoms with E-state index in [1.165, 1.54) is 12.4 Å². The summed E-state index contributed by atoms with van der Waals surface area (Å²) in [6.07, 6.45) is 4.85. The van der Waals surface area contributed by atoms with E-state index in [2.05, 4.69) is 15.6 Å². The van der Waals surface area contributed by atoms with Gasteiger partial charge in [0.05, 0.1) is 37.5 Å². The summed E-state index contributed by atoms with van der Waals surface area (Å²) in [5.41, 5.74) is 1.76. The quantitative estimate of drug-likeness (QED) is 0.295. The van der Waals surface area contributed by atoms with E-state index < -0.39 is 12.1 Å². The molecule has 258 valence electrons. The third kappa shape index (κ3) is 9.91. The van der Waals surface area contributed by atoms with Gasteiger partial charge in [0.2, 0.25) is 0 Å². The minimum Gasteiger partial charge on any atom is -0.497 e. The lowest BCUT2D eigenvalue weighted by molar-refractivity contribution is -0.0115. The Balaban J connectivity index is 1.58. The van der Waals surface area contributed by atoms with E-state index in [0.717, 1.165) is 19.3 Å². The molecular formula is C36H47N5O7. The number of methoxy groups -OCH3 is 1. The monoisotopic (exact) mass is 661 g/mol. The molecule has 4 atom stereocenters. The number of pyridine rings is 1. The number of ether oxygens (including phenoxy) is 3. The molecule has 12 nitrogen and oxygen atoms in total. The zero-order valence-electron chi connectivity index (χ0n) is 28.3. The lowest BCUT2D eigenvalue weighted by Crippen LogP contribution is -2.48. The molecule has 0 radical (unpaired) electrons. The minimum atomic E-state index is -0.537. The summed E-state index contributed by atoms with van der Waals surface area (Å²) in [7, 11) is 3.29. The van der Waals surface area contributed by atoms with Crippen molar-refractivity contribution in [3.05, 3.63) is 78.1 Å². The number of amides is 4. The number of carbonyl (C=O) groups is 3. The number of urea groups is 1. The van der Waals surface area contributed by atoms with Gasteiger partial charge in [0.15, 0.2) is 0 Å². The fraction of sp³-hybridized carbons (Fsp3) is 0.444. The summed E-state index contributed by atoms with van der Waals surface area (Å²) in [6, 6.07) is 14.5. The summed E-state index contributed by atoms with van der Waals surface area (Å²) < 4.78 is 17.9. The smallest absolute Gasteiger partial charge is 0.321 e. The van der Waals surface area contributed by atoms with E-state index in [1.807, 2.05) is 13.8 Å². The molecule has 2 aromatic carbocycles. The van der Waals surface area contributed by atoms with Crippen LogP contribution in [0.1, 0.15) is 60.7 Å². The summed E-state index contributed by atoms with van der Waals surface area (Å²) in [5.74, 6) is 0.173. The van der Waals surface area contributed by atoms with Crippen molar-refractivity contribution in [3.63, 3.8) is 0 Å². The maximum absolute atomic E-state index is 14.3. The SMILES string of the molecule is COc1ccc(NC(=O)N(C)C[C@H]2OCCCC[C@H](C)Oc3ccc(NC(=O)c4ccncc4)cc3C(=O)N([C@H](C)CO)C[C@@H]2C)cc1. The van der Waals surface area contributed by atoms with Gasteiger partial charge < -0.3 is 39.8 Å². The molecule has 1 aliphatic rings. The molecular weight excluding hydrogens is 614 g/mol. The summed E-state index contributed by atoms with van der Waals surface area (Å²) in [6.45, 7) is 6.43. The fourth-order valence-corrected chi connectivity index (χ4v) is 5.42. The predicted octanol–water partition coefficient (Wildman–Crippen LogP) is 5.30. The Morgan fingerprint density at radius 2 is 1.77 bits per heavy atom.